The van der Waals surface area contributed by atoms with Gasteiger partial charge in [-0.25, -0.2) is 0 Å². The van der Waals surface area contributed by atoms with Gasteiger partial charge in [0.25, 0.3) is 11.4 Å². The Hall–Kier alpha value is -3.29. The van der Waals surface area contributed by atoms with Gasteiger partial charge in [0.1, 0.15) is 0 Å². The Morgan fingerprint density at radius 1 is 1.04 bits per heavy atom. The second-order valence-corrected chi connectivity index (χ2v) is 5.37. The maximum Gasteiger partial charge on any atom is 0.279 e. The van der Waals surface area contributed by atoms with E-state index in [4.69, 9.17) is 0 Å². The Balaban J connectivity index is 2.24. The molecule has 8 heteroatoms. The van der Waals surface area contributed by atoms with Crippen LogP contribution in [0.4, 0.5) is 17.1 Å². The summed E-state index contributed by atoms with van der Waals surface area (Å²) in [4.78, 5) is 32.5. The highest BCUT2D eigenvalue weighted by atomic mass is 16.6. The maximum absolute atomic E-state index is 12.2. The van der Waals surface area contributed by atoms with Crippen LogP contribution in [-0.2, 0) is 11.2 Å². The van der Waals surface area contributed by atoms with Gasteiger partial charge >= 0.3 is 0 Å². The number of benzene rings is 2. The van der Waals surface area contributed by atoms with Gasteiger partial charge in [0.2, 0.25) is 5.91 Å². The van der Waals surface area contributed by atoms with Crippen molar-refractivity contribution in [2.24, 2.45) is 0 Å². The van der Waals surface area contributed by atoms with E-state index in [2.05, 4.69) is 5.32 Å². The zero-order valence-electron chi connectivity index (χ0n) is 13.1. The molecule has 2 aromatic rings. The minimum Gasteiger partial charge on any atom is -0.326 e. The average Bonchev–Trinajstić information content (AvgIpc) is 2.50. The summed E-state index contributed by atoms with van der Waals surface area (Å²) in [6, 6.07) is 8.82. The Kier molecular flexibility index (Phi) is 4.88. The highest BCUT2D eigenvalue weighted by molar-refractivity contribution is 5.93. The molecule has 0 atom stereocenters. The van der Waals surface area contributed by atoms with E-state index < -0.39 is 21.4 Å². The second-order valence-electron chi connectivity index (χ2n) is 5.37. The van der Waals surface area contributed by atoms with Crippen LogP contribution in [0.2, 0.25) is 0 Å². The first-order chi connectivity index (χ1) is 11.3. The molecule has 0 radical (unpaired) electrons. The highest BCUT2D eigenvalue weighted by Gasteiger charge is 2.21. The quantitative estimate of drug-likeness (QED) is 0.667. The number of carbonyl (C=O) groups excluding carboxylic acids is 1. The number of anilines is 1. The molecule has 0 bridgehead atoms. The first-order valence-electron chi connectivity index (χ1n) is 7.06. The standard InChI is InChI=1S/C16H15N3O5/c1-10-3-4-11(2)14(7-10)17-16(20)8-12-5-6-13(18(21)22)9-15(12)19(23)24/h3-7,9H,8H2,1-2H3,(H,17,20). The number of hydrogen-bond acceptors (Lipinski definition) is 5. The molecule has 0 saturated carbocycles. The summed E-state index contributed by atoms with van der Waals surface area (Å²) in [5, 5.41) is 24.5. The Morgan fingerprint density at radius 3 is 2.38 bits per heavy atom. The van der Waals surface area contributed by atoms with Gasteiger partial charge in [0.05, 0.1) is 22.3 Å². The molecule has 0 spiro atoms. The minimum absolute atomic E-state index is 0.119. The molecule has 24 heavy (non-hydrogen) atoms. The van der Waals surface area contributed by atoms with E-state index in [-0.39, 0.29) is 17.7 Å². The number of hydrogen-bond donors (Lipinski definition) is 1. The van der Waals surface area contributed by atoms with E-state index in [0.717, 1.165) is 23.3 Å². The largest absolute Gasteiger partial charge is 0.326 e. The number of nitro groups is 2. The molecule has 0 aliphatic heterocycles. The molecule has 8 nitrogen and oxygen atoms in total. The molecule has 0 aliphatic carbocycles. The lowest BCUT2D eigenvalue weighted by molar-refractivity contribution is -0.394. The fraction of sp³-hybridized carbons (Fsp3) is 0.188. The molecule has 0 aromatic heterocycles. The van der Waals surface area contributed by atoms with E-state index in [1.165, 1.54) is 6.07 Å². The van der Waals surface area contributed by atoms with Crippen LogP contribution in [0.3, 0.4) is 0 Å². The fourth-order valence-corrected chi connectivity index (χ4v) is 2.22. The van der Waals surface area contributed by atoms with Gasteiger partial charge in [0.15, 0.2) is 0 Å². The molecule has 0 saturated heterocycles. The predicted octanol–water partition coefficient (Wildman–Crippen LogP) is 3.30. The van der Waals surface area contributed by atoms with Crippen LogP contribution in [0.5, 0.6) is 0 Å². The summed E-state index contributed by atoms with van der Waals surface area (Å²) in [5.74, 6) is -0.430. The lowest BCUT2D eigenvalue weighted by atomic mass is 10.1. The zero-order valence-corrected chi connectivity index (χ0v) is 13.1. The zero-order chi connectivity index (χ0) is 17.9. The smallest absolute Gasteiger partial charge is 0.279 e. The SMILES string of the molecule is Cc1ccc(C)c(NC(=O)Cc2ccc([N+](=O)[O-])cc2[N+](=O)[O-])c1. The molecule has 124 valence electrons. The van der Waals surface area contributed by atoms with Crippen LogP contribution >= 0.6 is 0 Å². The number of aryl methyl sites for hydroxylation is 2. The van der Waals surface area contributed by atoms with Crippen LogP contribution in [0.1, 0.15) is 16.7 Å². The molecule has 0 aliphatic rings. The molecule has 2 aromatic carbocycles. The first-order valence-corrected chi connectivity index (χ1v) is 7.06. The monoisotopic (exact) mass is 329 g/mol. The molecule has 2 rings (SSSR count). The summed E-state index contributed by atoms with van der Waals surface area (Å²) in [7, 11) is 0. The highest BCUT2D eigenvalue weighted by Crippen LogP contribution is 2.25. The summed E-state index contributed by atoms with van der Waals surface area (Å²) in [6.45, 7) is 3.72. The summed E-state index contributed by atoms with van der Waals surface area (Å²) >= 11 is 0. The molecule has 1 amide bonds. The number of nitrogens with one attached hydrogen (secondary N) is 1. The van der Waals surface area contributed by atoms with Crippen molar-refractivity contribution in [3.05, 3.63) is 73.3 Å². The molecule has 0 unspecified atom stereocenters. The van der Waals surface area contributed by atoms with Gasteiger partial charge in [0, 0.05) is 17.3 Å². The number of nitro benzene ring substituents is 2. The predicted molar refractivity (Wildman–Crippen MR) is 88.0 cm³/mol. The van der Waals surface area contributed by atoms with Crippen molar-refractivity contribution in [2.75, 3.05) is 5.32 Å². The lowest BCUT2D eigenvalue weighted by Gasteiger charge is -2.09. The van der Waals surface area contributed by atoms with E-state index in [1.54, 1.807) is 6.07 Å². The normalized spacial score (nSPS) is 10.2. The van der Waals surface area contributed by atoms with E-state index >= 15 is 0 Å². The summed E-state index contributed by atoms with van der Waals surface area (Å²) in [6.07, 6.45) is -0.248. The third kappa shape index (κ3) is 3.92. The van der Waals surface area contributed by atoms with Gasteiger partial charge in [-0.15, -0.1) is 0 Å². The van der Waals surface area contributed by atoms with Crippen LogP contribution in [0.25, 0.3) is 0 Å². The number of carbonyl (C=O) groups is 1. The summed E-state index contributed by atoms with van der Waals surface area (Å²) < 4.78 is 0. The van der Waals surface area contributed by atoms with Gasteiger partial charge in [-0.1, -0.05) is 12.1 Å². The molecule has 1 N–H and O–H groups in total. The van der Waals surface area contributed by atoms with Crippen LogP contribution in [0, 0.1) is 34.1 Å². The van der Waals surface area contributed by atoms with E-state index in [1.807, 2.05) is 26.0 Å². The Labute approximate surface area is 137 Å². The van der Waals surface area contributed by atoms with Crippen molar-refractivity contribution in [1.82, 2.24) is 0 Å². The van der Waals surface area contributed by atoms with Crippen molar-refractivity contribution in [3.8, 4) is 0 Å². The third-order valence-corrected chi connectivity index (χ3v) is 3.49. The average molecular weight is 329 g/mol. The lowest BCUT2D eigenvalue weighted by Crippen LogP contribution is -2.16. The number of amides is 1. The third-order valence-electron chi connectivity index (χ3n) is 3.49. The van der Waals surface area contributed by atoms with Crippen LogP contribution in [-0.4, -0.2) is 15.8 Å². The van der Waals surface area contributed by atoms with Crippen molar-refractivity contribution >= 4 is 23.0 Å². The van der Waals surface area contributed by atoms with Gasteiger partial charge in [-0.3, -0.25) is 25.0 Å². The molecule has 0 heterocycles. The summed E-state index contributed by atoms with van der Waals surface area (Å²) in [5.41, 5.74) is 1.75. The van der Waals surface area contributed by atoms with Gasteiger partial charge < -0.3 is 5.32 Å². The first kappa shape index (κ1) is 17.1. The molecule has 0 fully saturated rings. The van der Waals surface area contributed by atoms with Crippen molar-refractivity contribution in [3.63, 3.8) is 0 Å². The number of nitrogens with zero attached hydrogens (tertiary/aromatic N) is 2. The van der Waals surface area contributed by atoms with Crippen molar-refractivity contribution < 1.29 is 14.6 Å². The van der Waals surface area contributed by atoms with Gasteiger partial charge in [-0.05, 0) is 37.1 Å². The van der Waals surface area contributed by atoms with E-state index in [0.29, 0.717) is 5.69 Å². The van der Waals surface area contributed by atoms with Gasteiger partial charge in [-0.2, -0.15) is 0 Å². The Morgan fingerprint density at radius 2 is 1.75 bits per heavy atom. The van der Waals surface area contributed by atoms with E-state index in [9.17, 15) is 25.0 Å². The fourth-order valence-electron chi connectivity index (χ4n) is 2.22. The van der Waals surface area contributed by atoms with Crippen LogP contribution in [0.15, 0.2) is 36.4 Å². The number of non-ortho nitro benzene ring substituents is 1. The molecular weight excluding hydrogens is 314 g/mol. The minimum atomic E-state index is -0.729. The van der Waals surface area contributed by atoms with Crippen molar-refractivity contribution in [1.29, 1.82) is 0 Å². The molecular formula is C16H15N3O5. The second kappa shape index (κ2) is 6.86. The number of rotatable bonds is 5. The van der Waals surface area contributed by atoms with Crippen molar-refractivity contribution in [2.45, 2.75) is 20.3 Å². The Bertz CT molecular complexity index is 832. The van der Waals surface area contributed by atoms with Crippen LogP contribution < -0.4 is 5.32 Å². The maximum atomic E-state index is 12.2. The topological polar surface area (TPSA) is 115 Å².